The number of ether oxygens (including phenoxy) is 1. The number of fused-ring (bicyclic) bond motifs is 1. The molecule has 2 aromatic rings. The lowest BCUT2D eigenvalue weighted by Gasteiger charge is -2.36. The standard InChI is InChI=1S/C14H21N3O3Si/c1-14(2,3)21(5,6)20-11-7-10(13(18)19-4)8-17-12(11)15-9-16-17/h7-9H,1-6H3. The third-order valence-electron chi connectivity index (χ3n) is 3.93. The van der Waals surface area contributed by atoms with Crippen molar-refractivity contribution in [2.45, 2.75) is 38.9 Å². The minimum absolute atomic E-state index is 0.0469. The fourth-order valence-corrected chi connectivity index (χ4v) is 2.63. The Morgan fingerprint density at radius 2 is 2.00 bits per heavy atom. The smallest absolute Gasteiger partial charge is 0.339 e. The van der Waals surface area contributed by atoms with E-state index in [1.807, 2.05) is 0 Å². The normalized spacial score (nSPS) is 12.5. The summed E-state index contributed by atoms with van der Waals surface area (Å²) in [5.41, 5.74) is 0.997. The van der Waals surface area contributed by atoms with Gasteiger partial charge in [0.15, 0.2) is 5.65 Å². The molecule has 2 heterocycles. The van der Waals surface area contributed by atoms with Crippen molar-refractivity contribution in [3.8, 4) is 5.75 Å². The van der Waals surface area contributed by atoms with Gasteiger partial charge in [-0.05, 0) is 24.2 Å². The molecule has 7 heteroatoms. The number of pyridine rings is 1. The minimum atomic E-state index is -2.04. The maximum Gasteiger partial charge on any atom is 0.339 e. The van der Waals surface area contributed by atoms with Crippen LogP contribution < -0.4 is 4.43 Å². The molecule has 0 amide bonds. The van der Waals surface area contributed by atoms with Crippen molar-refractivity contribution < 1.29 is 14.0 Å². The number of methoxy groups -OCH3 is 1. The molecule has 0 radical (unpaired) electrons. The molecule has 0 aliphatic rings. The molecule has 2 rings (SSSR count). The largest absolute Gasteiger partial charge is 0.541 e. The van der Waals surface area contributed by atoms with E-state index in [1.165, 1.54) is 18.0 Å². The van der Waals surface area contributed by atoms with E-state index in [1.54, 1.807) is 12.3 Å². The molecular formula is C14H21N3O3Si. The summed E-state index contributed by atoms with van der Waals surface area (Å²) in [6, 6.07) is 1.68. The molecule has 0 unspecified atom stereocenters. The molecule has 0 saturated carbocycles. The van der Waals surface area contributed by atoms with Crippen molar-refractivity contribution in [1.82, 2.24) is 14.6 Å². The highest BCUT2D eigenvalue weighted by molar-refractivity contribution is 6.74. The SMILES string of the molecule is COC(=O)c1cc(O[Si](C)(C)C(C)(C)C)c2ncnn2c1. The Bertz CT molecular complexity index is 674. The van der Waals surface area contributed by atoms with E-state index in [9.17, 15) is 4.79 Å². The number of aromatic nitrogens is 3. The van der Waals surface area contributed by atoms with Crippen molar-refractivity contribution in [3.63, 3.8) is 0 Å². The van der Waals surface area contributed by atoms with Gasteiger partial charge < -0.3 is 9.16 Å². The molecule has 114 valence electrons. The molecule has 0 N–H and O–H groups in total. The average molecular weight is 307 g/mol. The molecule has 0 atom stereocenters. The van der Waals surface area contributed by atoms with Crippen LogP contribution in [0.4, 0.5) is 0 Å². The van der Waals surface area contributed by atoms with Gasteiger partial charge in [0.1, 0.15) is 12.1 Å². The van der Waals surface area contributed by atoms with Crippen LogP contribution in [0.15, 0.2) is 18.6 Å². The zero-order valence-electron chi connectivity index (χ0n) is 13.3. The first-order chi connectivity index (χ1) is 9.65. The van der Waals surface area contributed by atoms with Crippen LogP contribution >= 0.6 is 0 Å². The van der Waals surface area contributed by atoms with E-state index in [0.717, 1.165) is 0 Å². The van der Waals surface area contributed by atoms with Crippen molar-refractivity contribution in [2.24, 2.45) is 0 Å². The number of hydrogen-bond donors (Lipinski definition) is 0. The minimum Gasteiger partial charge on any atom is -0.541 e. The molecule has 21 heavy (non-hydrogen) atoms. The van der Waals surface area contributed by atoms with Crippen LogP contribution in [-0.2, 0) is 4.74 Å². The predicted octanol–water partition coefficient (Wildman–Crippen LogP) is 2.90. The second-order valence-corrected chi connectivity index (χ2v) is 11.2. The Balaban J connectivity index is 2.52. The van der Waals surface area contributed by atoms with Gasteiger partial charge in [-0.15, -0.1) is 0 Å². The zero-order valence-corrected chi connectivity index (χ0v) is 14.3. The van der Waals surface area contributed by atoms with Crippen LogP contribution in [-0.4, -0.2) is 36.0 Å². The Morgan fingerprint density at radius 3 is 2.57 bits per heavy atom. The topological polar surface area (TPSA) is 65.7 Å². The molecule has 0 fully saturated rings. The molecule has 0 spiro atoms. The van der Waals surface area contributed by atoms with Gasteiger partial charge >= 0.3 is 5.97 Å². The van der Waals surface area contributed by atoms with Gasteiger partial charge in [-0.25, -0.2) is 14.3 Å². The summed E-state index contributed by atoms with van der Waals surface area (Å²) < 4.78 is 12.6. The molecule has 0 saturated heterocycles. The molecule has 2 aromatic heterocycles. The predicted molar refractivity (Wildman–Crippen MR) is 82.2 cm³/mol. The second-order valence-electron chi connectivity index (χ2n) is 6.48. The Hall–Kier alpha value is -1.89. The fourth-order valence-electron chi connectivity index (χ4n) is 1.63. The van der Waals surface area contributed by atoms with Crippen molar-refractivity contribution in [3.05, 3.63) is 24.2 Å². The number of carbonyl (C=O) groups is 1. The van der Waals surface area contributed by atoms with Gasteiger partial charge in [0.05, 0.1) is 12.7 Å². The van der Waals surface area contributed by atoms with Gasteiger partial charge in [-0.2, -0.15) is 5.10 Å². The first-order valence-corrected chi connectivity index (χ1v) is 9.67. The Morgan fingerprint density at radius 1 is 1.33 bits per heavy atom. The summed E-state index contributed by atoms with van der Waals surface area (Å²) in [4.78, 5) is 16.0. The molecule has 0 aliphatic carbocycles. The number of carbonyl (C=O) groups excluding carboxylic acids is 1. The number of esters is 1. The number of nitrogens with zero attached hydrogens (tertiary/aromatic N) is 3. The van der Waals surface area contributed by atoms with Gasteiger partial charge in [0, 0.05) is 6.20 Å². The summed E-state index contributed by atoms with van der Waals surface area (Å²) in [6.07, 6.45) is 3.03. The van der Waals surface area contributed by atoms with Gasteiger partial charge in [-0.1, -0.05) is 20.8 Å². The maximum absolute atomic E-state index is 11.8. The van der Waals surface area contributed by atoms with Crippen molar-refractivity contribution in [1.29, 1.82) is 0 Å². The summed E-state index contributed by atoms with van der Waals surface area (Å²) in [5, 5.41) is 4.13. The monoisotopic (exact) mass is 307 g/mol. The Kier molecular flexibility index (Phi) is 3.79. The van der Waals surface area contributed by atoms with Crippen LogP contribution in [0, 0.1) is 0 Å². The highest BCUT2D eigenvalue weighted by Gasteiger charge is 2.39. The van der Waals surface area contributed by atoms with Crippen LogP contribution in [0.2, 0.25) is 18.1 Å². The first-order valence-electron chi connectivity index (χ1n) is 6.76. The van der Waals surface area contributed by atoms with Crippen molar-refractivity contribution >= 4 is 19.9 Å². The van der Waals surface area contributed by atoms with E-state index < -0.39 is 14.3 Å². The van der Waals surface area contributed by atoms with Crippen LogP contribution in [0.3, 0.4) is 0 Å². The lowest BCUT2D eigenvalue weighted by molar-refractivity contribution is 0.0599. The van der Waals surface area contributed by atoms with Crippen LogP contribution in [0.25, 0.3) is 5.65 Å². The van der Waals surface area contributed by atoms with Gasteiger partial charge in [-0.3, -0.25) is 0 Å². The van der Waals surface area contributed by atoms with E-state index in [2.05, 4.69) is 43.9 Å². The highest BCUT2D eigenvalue weighted by Crippen LogP contribution is 2.38. The van der Waals surface area contributed by atoms with Gasteiger partial charge in [0.2, 0.25) is 0 Å². The Labute approximate surface area is 125 Å². The maximum atomic E-state index is 11.8. The molecular weight excluding hydrogens is 286 g/mol. The third-order valence-corrected chi connectivity index (χ3v) is 8.28. The summed E-state index contributed by atoms with van der Waals surface area (Å²) in [5.74, 6) is 0.148. The molecule has 0 bridgehead atoms. The van der Waals surface area contributed by atoms with Gasteiger partial charge in [0.25, 0.3) is 8.32 Å². The van der Waals surface area contributed by atoms with E-state index in [-0.39, 0.29) is 5.04 Å². The number of hydrogen-bond acceptors (Lipinski definition) is 5. The lowest BCUT2D eigenvalue weighted by atomic mass is 10.2. The molecule has 6 nitrogen and oxygen atoms in total. The van der Waals surface area contributed by atoms with E-state index >= 15 is 0 Å². The van der Waals surface area contributed by atoms with Crippen LogP contribution in [0.5, 0.6) is 5.75 Å². The summed E-state index contributed by atoms with van der Waals surface area (Å²) in [7, 11) is -0.688. The molecule has 0 aromatic carbocycles. The summed E-state index contributed by atoms with van der Waals surface area (Å²) in [6.45, 7) is 10.8. The lowest BCUT2D eigenvalue weighted by Crippen LogP contribution is -2.44. The average Bonchev–Trinajstić information content (AvgIpc) is 2.84. The quantitative estimate of drug-likeness (QED) is 0.644. The van der Waals surface area contributed by atoms with E-state index in [4.69, 9.17) is 9.16 Å². The van der Waals surface area contributed by atoms with Crippen molar-refractivity contribution in [2.75, 3.05) is 7.11 Å². The highest BCUT2D eigenvalue weighted by atomic mass is 28.4. The fraction of sp³-hybridized carbons (Fsp3) is 0.500. The van der Waals surface area contributed by atoms with E-state index in [0.29, 0.717) is 17.0 Å². The zero-order chi connectivity index (χ0) is 15.8. The third kappa shape index (κ3) is 2.92. The molecule has 0 aliphatic heterocycles. The first kappa shape index (κ1) is 15.5. The summed E-state index contributed by atoms with van der Waals surface area (Å²) >= 11 is 0. The van der Waals surface area contributed by atoms with Crippen LogP contribution in [0.1, 0.15) is 31.1 Å². The number of rotatable bonds is 3. The second kappa shape index (κ2) is 5.14.